The summed E-state index contributed by atoms with van der Waals surface area (Å²) < 4.78 is 37.4. The summed E-state index contributed by atoms with van der Waals surface area (Å²) >= 11 is 0. The number of unbranched alkanes of at least 4 members (excludes halogenated alkanes) is 11. The monoisotopic (exact) mass is 484 g/mol. The molecule has 2 aromatic rings. The van der Waals surface area contributed by atoms with E-state index in [0.29, 0.717) is 5.75 Å². The molecule has 0 radical (unpaired) electrons. The standard InChI is InChI=1S/C26H38O5S.Na/c1-2-3-4-5-6-7-8-9-10-11-12-13-15-22-18-23(27)20-25(19-22)31-24-16-14-17-26(21-24)32(28,29)30;/h14,16-21,27H,2-13,15H2,1H3,(H,28,29,30);/q;+1/p-1. The minimum absolute atomic E-state index is 0. The van der Waals surface area contributed by atoms with Gasteiger partial charge in [-0.1, -0.05) is 89.7 Å². The van der Waals surface area contributed by atoms with Gasteiger partial charge in [0, 0.05) is 6.07 Å². The van der Waals surface area contributed by atoms with Gasteiger partial charge < -0.3 is 9.84 Å². The SMILES string of the molecule is CCCCCCCCCCCCCCc1cc([O-])cc(Oc2cccc(S(=O)(=O)O)c2)c1.[Na+]. The minimum Gasteiger partial charge on any atom is -0.872 e. The Morgan fingerprint density at radius 2 is 1.36 bits per heavy atom. The van der Waals surface area contributed by atoms with Gasteiger partial charge in [0.05, 0.1) is 4.90 Å². The predicted molar refractivity (Wildman–Crippen MR) is 127 cm³/mol. The van der Waals surface area contributed by atoms with Crippen molar-refractivity contribution in [2.45, 2.75) is 95.3 Å². The van der Waals surface area contributed by atoms with E-state index in [1.807, 2.05) is 6.07 Å². The molecule has 0 aliphatic rings. The number of rotatable bonds is 16. The van der Waals surface area contributed by atoms with Crippen molar-refractivity contribution in [1.29, 1.82) is 0 Å². The fourth-order valence-corrected chi connectivity index (χ4v) is 4.35. The quantitative estimate of drug-likeness (QED) is 0.221. The summed E-state index contributed by atoms with van der Waals surface area (Å²) in [7, 11) is -4.31. The number of hydrogen-bond acceptors (Lipinski definition) is 4. The first-order chi connectivity index (χ1) is 15.4. The molecule has 178 valence electrons. The molecule has 0 aliphatic carbocycles. The first kappa shape index (κ1) is 30.0. The summed E-state index contributed by atoms with van der Waals surface area (Å²) in [6.07, 6.45) is 16.3. The summed E-state index contributed by atoms with van der Waals surface area (Å²) in [5.41, 5.74) is 0.922. The average molecular weight is 485 g/mol. The molecule has 0 aromatic heterocycles. The van der Waals surface area contributed by atoms with Crippen LogP contribution in [0.1, 0.15) is 89.5 Å². The van der Waals surface area contributed by atoms with Crippen LogP contribution < -0.4 is 39.4 Å². The van der Waals surface area contributed by atoms with Crippen LogP contribution in [0.4, 0.5) is 0 Å². The molecular formula is C26H37NaO5S. The van der Waals surface area contributed by atoms with Crippen molar-refractivity contribution in [1.82, 2.24) is 0 Å². The normalized spacial score (nSPS) is 11.2. The fourth-order valence-electron chi connectivity index (χ4n) is 3.84. The van der Waals surface area contributed by atoms with E-state index in [9.17, 15) is 18.1 Å². The molecule has 0 aliphatic heterocycles. The van der Waals surface area contributed by atoms with Gasteiger partial charge in [0.15, 0.2) is 0 Å². The van der Waals surface area contributed by atoms with E-state index in [0.717, 1.165) is 24.8 Å². The molecule has 0 heterocycles. The first-order valence-electron chi connectivity index (χ1n) is 11.9. The summed E-state index contributed by atoms with van der Waals surface area (Å²) in [6.45, 7) is 2.25. The van der Waals surface area contributed by atoms with Crippen molar-refractivity contribution in [2.75, 3.05) is 0 Å². The minimum atomic E-state index is -4.31. The molecule has 7 heteroatoms. The average Bonchev–Trinajstić information content (AvgIpc) is 2.74. The van der Waals surface area contributed by atoms with Crippen LogP contribution in [0.15, 0.2) is 47.4 Å². The van der Waals surface area contributed by atoms with Crippen LogP contribution in [0.5, 0.6) is 17.2 Å². The molecule has 0 atom stereocenters. The van der Waals surface area contributed by atoms with E-state index in [1.165, 1.54) is 88.5 Å². The maximum Gasteiger partial charge on any atom is 1.00 e. The van der Waals surface area contributed by atoms with Crippen LogP contribution in [0.3, 0.4) is 0 Å². The number of ether oxygens (including phenoxy) is 1. The molecule has 1 N–H and O–H groups in total. The molecule has 0 spiro atoms. The van der Waals surface area contributed by atoms with Crippen LogP contribution in [0.25, 0.3) is 0 Å². The third kappa shape index (κ3) is 12.8. The van der Waals surface area contributed by atoms with Gasteiger partial charge in [-0.05, 0) is 42.7 Å². The Balaban J connectivity index is 0.00000544. The molecule has 33 heavy (non-hydrogen) atoms. The van der Waals surface area contributed by atoms with Crippen LogP contribution in [0, 0.1) is 0 Å². The molecule has 0 amide bonds. The Morgan fingerprint density at radius 1 is 0.788 bits per heavy atom. The fraction of sp³-hybridized carbons (Fsp3) is 0.538. The van der Waals surface area contributed by atoms with E-state index in [1.54, 1.807) is 12.1 Å². The Hall–Kier alpha value is -1.05. The van der Waals surface area contributed by atoms with Crippen molar-refractivity contribution >= 4 is 10.1 Å². The molecule has 0 saturated heterocycles. The molecule has 0 unspecified atom stereocenters. The van der Waals surface area contributed by atoms with E-state index in [-0.39, 0.29) is 46.0 Å². The molecule has 0 bridgehead atoms. The second-order valence-corrected chi connectivity index (χ2v) is 9.93. The van der Waals surface area contributed by atoms with E-state index in [2.05, 4.69) is 6.92 Å². The molecular weight excluding hydrogens is 447 g/mol. The Labute approximate surface area is 222 Å². The summed E-state index contributed by atoms with van der Waals surface area (Å²) in [5.74, 6) is 0.489. The Morgan fingerprint density at radius 3 is 1.94 bits per heavy atom. The third-order valence-electron chi connectivity index (χ3n) is 5.60. The molecule has 2 rings (SSSR count). The van der Waals surface area contributed by atoms with E-state index in [4.69, 9.17) is 4.74 Å². The topological polar surface area (TPSA) is 86.7 Å². The zero-order valence-corrected chi connectivity index (χ0v) is 23.0. The van der Waals surface area contributed by atoms with Crippen molar-refractivity contribution in [3.05, 3.63) is 48.0 Å². The van der Waals surface area contributed by atoms with Gasteiger partial charge in [-0.15, -0.1) is 5.75 Å². The zero-order valence-electron chi connectivity index (χ0n) is 20.2. The van der Waals surface area contributed by atoms with Crippen molar-refractivity contribution in [2.24, 2.45) is 0 Å². The van der Waals surface area contributed by atoms with Gasteiger partial charge in [-0.25, -0.2) is 0 Å². The van der Waals surface area contributed by atoms with Crippen LogP contribution >= 0.6 is 0 Å². The van der Waals surface area contributed by atoms with Crippen LogP contribution in [-0.4, -0.2) is 13.0 Å². The van der Waals surface area contributed by atoms with Crippen molar-refractivity contribution in [3.63, 3.8) is 0 Å². The van der Waals surface area contributed by atoms with Gasteiger partial charge in [0.1, 0.15) is 11.5 Å². The number of aryl methyl sites for hydroxylation is 1. The second kappa shape index (κ2) is 16.6. The largest absolute Gasteiger partial charge is 1.00 e. The van der Waals surface area contributed by atoms with Gasteiger partial charge in [0.2, 0.25) is 0 Å². The van der Waals surface area contributed by atoms with Crippen molar-refractivity contribution < 1.29 is 52.4 Å². The zero-order chi connectivity index (χ0) is 23.2. The van der Waals surface area contributed by atoms with Gasteiger partial charge in [0.25, 0.3) is 10.1 Å². The Bertz CT molecular complexity index is 915. The van der Waals surface area contributed by atoms with E-state index >= 15 is 0 Å². The van der Waals surface area contributed by atoms with Crippen LogP contribution in [-0.2, 0) is 16.5 Å². The van der Waals surface area contributed by atoms with Gasteiger partial charge >= 0.3 is 29.6 Å². The number of benzene rings is 2. The maximum absolute atomic E-state index is 12.0. The third-order valence-corrected chi connectivity index (χ3v) is 6.45. The predicted octanol–water partition coefficient (Wildman–Crippen LogP) is 4.05. The molecule has 0 fully saturated rings. The second-order valence-electron chi connectivity index (χ2n) is 8.50. The van der Waals surface area contributed by atoms with E-state index < -0.39 is 10.1 Å². The van der Waals surface area contributed by atoms with Crippen molar-refractivity contribution in [3.8, 4) is 17.2 Å². The smallest absolute Gasteiger partial charge is 0.872 e. The molecule has 5 nitrogen and oxygen atoms in total. The Kier molecular flexibility index (Phi) is 15.0. The number of hydrogen-bond donors (Lipinski definition) is 1. The molecule has 2 aromatic carbocycles. The van der Waals surface area contributed by atoms with Gasteiger partial charge in [-0.3, -0.25) is 4.55 Å². The molecule has 0 saturated carbocycles. The van der Waals surface area contributed by atoms with Crippen LogP contribution in [0.2, 0.25) is 0 Å². The maximum atomic E-state index is 12.0. The van der Waals surface area contributed by atoms with Gasteiger partial charge in [-0.2, -0.15) is 8.42 Å². The summed E-state index contributed by atoms with van der Waals surface area (Å²) in [6, 6.07) is 10.4. The first-order valence-corrected chi connectivity index (χ1v) is 13.4. The summed E-state index contributed by atoms with van der Waals surface area (Å²) in [4.78, 5) is -0.245. The summed E-state index contributed by atoms with van der Waals surface area (Å²) in [5, 5.41) is 12.0.